The quantitative estimate of drug-likeness (QED) is 0.844. The molecule has 1 fully saturated rings. The highest BCUT2D eigenvalue weighted by molar-refractivity contribution is 5.15. The fourth-order valence-corrected chi connectivity index (χ4v) is 3.16. The van der Waals surface area contributed by atoms with Crippen LogP contribution in [0.3, 0.4) is 0 Å². The van der Waals surface area contributed by atoms with Gasteiger partial charge in [-0.25, -0.2) is 0 Å². The largest absolute Gasteiger partial charge is 0.311 e. The predicted octanol–water partition coefficient (Wildman–Crippen LogP) is 4.03. The average molecular weight is 245 g/mol. The van der Waals surface area contributed by atoms with E-state index in [1.807, 2.05) is 0 Å². The first-order valence-corrected chi connectivity index (χ1v) is 7.45. The molecular weight excluding hydrogens is 218 g/mol. The molecule has 1 N–H and O–H groups in total. The Morgan fingerprint density at radius 2 is 1.89 bits per heavy atom. The van der Waals surface area contributed by atoms with Crippen molar-refractivity contribution in [3.63, 3.8) is 0 Å². The Labute approximate surface area is 112 Å². The Morgan fingerprint density at radius 3 is 2.61 bits per heavy atom. The van der Waals surface area contributed by atoms with E-state index in [2.05, 4.69) is 56.4 Å². The molecule has 100 valence electrons. The van der Waals surface area contributed by atoms with E-state index >= 15 is 0 Å². The zero-order chi connectivity index (χ0) is 13.0. The molecule has 0 heterocycles. The summed E-state index contributed by atoms with van der Waals surface area (Å²) in [6.07, 6.45) is 5.28. The van der Waals surface area contributed by atoms with E-state index in [1.165, 1.54) is 24.8 Å². The molecule has 0 saturated heterocycles. The van der Waals surface area contributed by atoms with E-state index in [4.69, 9.17) is 0 Å². The molecular formula is C17H27N. The van der Waals surface area contributed by atoms with Crippen molar-refractivity contribution in [2.45, 2.75) is 58.5 Å². The van der Waals surface area contributed by atoms with Crippen LogP contribution in [0.25, 0.3) is 0 Å². The molecule has 0 aromatic heterocycles. The molecule has 1 aromatic carbocycles. The number of hydrogen-bond acceptors (Lipinski definition) is 1. The van der Waals surface area contributed by atoms with Gasteiger partial charge in [0, 0.05) is 12.1 Å². The Kier molecular flexibility index (Phi) is 4.82. The summed E-state index contributed by atoms with van der Waals surface area (Å²) in [6.45, 7) is 7.11. The van der Waals surface area contributed by atoms with Gasteiger partial charge in [0.1, 0.15) is 0 Å². The minimum absolute atomic E-state index is 0.574. The van der Waals surface area contributed by atoms with Gasteiger partial charge in [0.15, 0.2) is 0 Å². The minimum Gasteiger partial charge on any atom is -0.311 e. The molecule has 1 aromatic rings. The van der Waals surface area contributed by atoms with Crippen molar-refractivity contribution in [2.75, 3.05) is 0 Å². The van der Waals surface area contributed by atoms with Gasteiger partial charge in [0.05, 0.1) is 0 Å². The molecule has 0 amide bonds. The Morgan fingerprint density at radius 1 is 1.17 bits per heavy atom. The summed E-state index contributed by atoms with van der Waals surface area (Å²) in [7, 11) is 0. The molecule has 0 aliphatic heterocycles. The summed E-state index contributed by atoms with van der Waals surface area (Å²) in [6, 6.07) is 12.1. The van der Waals surface area contributed by atoms with Gasteiger partial charge in [0.25, 0.3) is 0 Å². The molecule has 1 heteroatoms. The first kappa shape index (κ1) is 13.6. The Hall–Kier alpha value is -0.820. The highest BCUT2D eigenvalue weighted by Gasteiger charge is 2.26. The van der Waals surface area contributed by atoms with Crippen LogP contribution in [0.5, 0.6) is 0 Å². The van der Waals surface area contributed by atoms with E-state index in [-0.39, 0.29) is 0 Å². The van der Waals surface area contributed by atoms with Crippen LogP contribution in [-0.4, -0.2) is 12.1 Å². The molecule has 1 nitrogen and oxygen atoms in total. The number of nitrogens with one attached hydrogen (secondary N) is 1. The maximum Gasteiger partial charge on any atom is 0.00978 e. The molecule has 4 unspecified atom stereocenters. The lowest BCUT2D eigenvalue weighted by atomic mass is 9.79. The van der Waals surface area contributed by atoms with Crippen LogP contribution in [0.15, 0.2) is 30.3 Å². The van der Waals surface area contributed by atoms with E-state index in [0.717, 1.165) is 18.3 Å². The summed E-state index contributed by atoms with van der Waals surface area (Å²) < 4.78 is 0. The molecule has 4 atom stereocenters. The van der Waals surface area contributed by atoms with Gasteiger partial charge < -0.3 is 5.32 Å². The second-order valence-corrected chi connectivity index (χ2v) is 6.26. The SMILES string of the molecule is CC1CCC(C)C(NC(C)Cc2ccccc2)C1. The third kappa shape index (κ3) is 3.84. The molecule has 2 rings (SSSR count). The van der Waals surface area contributed by atoms with Gasteiger partial charge in [-0.15, -0.1) is 0 Å². The van der Waals surface area contributed by atoms with Gasteiger partial charge in [-0.2, -0.15) is 0 Å². The summed E-state index contributed by atoms with van der Waals surface area (Å²) in [5, 5.41) is 3.85. The fraction of sp³-hybridized carbons (Fsp3) is 0.647. The fourth-order valence-electron chi connectivity index (χ4n) is 3.16. The third-order valence-electron chi connectivity index (χ3n) is 4.34. The highest BCUT2D eigenvalue weighted by Crippen LogP contribution is 2.28. The zero-order valence-electron chi connectivity index (χ0n) is 12.0. The van der Waals surface area contributed by atoms with Crippen molar-refractivity contribution in [3.05, 3.63) is 35.9 Å². The maximum absolute atomic E-state index is 3.85. The number of hydrogen-bond donors (Lipinski definition) is 1. The lowest BCUT2D eigenvalue weighted by Crippen LogP contribution is -2.44. The van der Waals surface area contributed by atoms with Crippen molar-refractivity contribution >= 4 is 0 Å². The predicted molar refractivity (Wildman–Crippen MR) is 78.7 cm³/mol. The monoisotopic (exact) mass is 245 g/mol. The normalized spacial score (nSPS) is 30.1. The van der Waals surface area contributed by atoms with Crippen molar-refractivity contribution < 1.29 is 0 Å². The second kappa shape index (κ2) is 6.38. The molecule has 1 saturated carbocycles. The van der Waals surface area contributed by atoms with Crippen molar-refractivity contribution in [1.82, 2.24) is 5.32 Å². The van der Waals surface area contributed by atoms with E-state index in [1.54, 1.807) is 0 Å². The molecule has 0 spiro atoms. The first-order valence-electron chi connectivity index (χ1n) is 7.45. The molecule has 0 radical (unpaired) electrons. The average Bonchev–Trinajstić information content (AvgIpc) is 2.35. The summed E-state index contributed by atoms with van der Waals surface area (Å²) in [5.41, 5.74) is 1.44. The maximum atomic E-state index is 3.85. The van der Waals surface area contributed by atoms with Crippen LogP contribution >= 0.6 is 0 Å². The summed E-state index contributed by atoms with van der Waals surface area (Å²) >= 11 is 0. The van der Waals surface area contributed by atoms with Crippen LogP contribution in [0.2, 0.25) is 0 Å². The molecule has 1 aliphatic rings. The van der Waals surface area contributed by atoms with Crippen LogP contribution in [-0.2, 0) is 6.42 Å². The first-order chi connectivity index (χ1) is 8.65. The van der Waals surface area contributed by atoms with Crippen LogP contribution in [0.1, 0.15) is 45.6 Å². The summed E-state index contributed by atoms with van der Waals surface area (Å²) in [4.78, 5) is 0. The smallest absolute Gasteiger partial charge is 0.00978 e. The van der Waals surface area contributed by atoms with E-state index in [9.17, 15) is 0 Å². The Bertz CT molecular complexity index is 346. The zero-order valence-corrected chi connectivity index (χ0v) is 12.0. The minimum atomic E-state index is 0.574. The van der Waals surface area contributed by atoms with E-state index < -0.39 is 0 Å². The topological polar surface area (TPSA) is 12.0 Å². The van der Waals surface area contributed by atoms with Crippen LogP contribution in [0, 0.1) is 11.8 Å². The van der Waals surface area contributed by atoms with Gasteiger partial charge in [0.2, 0.25) is 0 Å². The molecule has 0 bridgehead atoms. The Balaban J connectivity index is 1.85. The van der Waals surface area contributed by atoms with Gasteiger partial charge in [-0.3, -0.25) is 0 Å². The van der Waals surface area contributed by atoms with Gasteiger partial charge >= 0.3 is 0 Å². The van der Waals surface area contributed by atoms with Crippen molar-refractivity contribution in [2.24, 2.45) is 11.8 Å². The lowest BCUT2D eigenvalue weighted by molar-refractivity contribution is 0.215. The summed E-state index contributed by atoms with van der Waals surface area (Å²) in [5.74, 6) is 1.72. The lowest BCUT2D eigenvalue weighted by Gasteiger charge is -2.35. The second-order valence-electron chi connectivity index (χ2n) is 6.26. The van der Waals surface area contributed by atoms with Crippen molar-refractivity contribution in [3.8, 4) is 0 Å². The van der Waals surface area contributed by atoms with Gasteiger partial charge in [-0.1, -0.05) is 50.6 Å². The van der Waals surface area contributed by atoms with Crippen LogP contribution in [0.4, 0.5) is 0 Å². The van der Waals surface area contributed by atoms with Crippen molar-refractivity contribution in [1.29, 1.82) is 0 Å². The van der Waals surface area contributed by atoms with E-state index in [0.29, 0.717) is 12.1 Å². The standard InChI is InChI=1S/C17H27N/c1-13-9-10-14(2)17(11-13)18-15(3)12-16-7-5-4-6-8-16/h4-8,13-15,17-18H,9-12H2,1-3H3. The number of benzene rings is 1. The highest BCUT2D eigenvalue weighted by atomic mass is 15.0. The molecule has 1 aliphatic carbocycles. The van der Waals surface area contributed by atoms with Crippen LogP contribution < -0.4 is 5.32 Å². The van der Waals surface area contributed by atoms with Gasteiger partial charge in [-0.05, 0) is 43.6 Å². The number of rotatable bonds is 4. The molecule has 18 heavy (non-hydrogen) atoms. The third-order valence-corrected chi connectivity index (χ3v) is 4.34.